The number of nitrogens with one attached hydrogen (secondary N) is 1. The van der Waals surface area contributed by atoms with Gasteiger partial charge in [0.25, 0.3) is 0 Å². The molecule has 16 heavy (non-hydrogen) atoms. The zero-order chi connectivity index (χ0) is 11.0. The number of halogens is 1. The van der Waals surface area contributed by atoms with Crippen molar-refractivity contribution in [3.05, 3.63) is 59.1 Å². The number of hydrogen-bond donors (Lipinski definition) is 1. The van der Waals surface area contributed by atoms with Crippen molar-refractivity contribution in [3.8, 4) is 0 Å². The summed E-state index contributed by atoms with van der Waals surface area (Å²) in [6.07, 6.45) is 0. The number of para-hydroxylation sites is 1. The first-order chi connectivity index (χ1) is 7.84. The van der Waals surface area contributed by atoms with Gasteiger partial charge in [-0.3, -0.25) is 0 Å². The van der Waals surface area contributed by atoms with Crippen molar-refractivity contribution >= 4 is 29.1 Å². The fraction of sp³-hybridized carbons (Fsp3) is 0.0769. The van der Waals surface area contributed by atoms with Crippen LogP contribution in [-0.2, 0) is 0 Å². The van der Waals surface area contributed by atoms with Gasteiger partial charge in [0.15, 0.2) is 0 Å². The molecule has 1 nitrogen and oxygen atoms in total. The van der Waals surface area contributed by atoms with E-state index in [9.17, 15) is 0 Å². The Morgan fingerprint density at radius 1 is 1.00 bits per heavy atom. The highest BCUT2D eigenvalue weighted by molar-refractivity contribution is 8.00. The lowest BCUT2D eigenvalue weighted by Gasteiger charge is -2.12. The molecule has 2 aromatic rings. The molecule has 1 heterocycles. The number of rotatable bonds is 1. The second-order valence-electron chi connectivity index (χ2n) is 3.66. The Hall–Kier alpha value is -1.12. The smallest absolute Gasteiger partial charge is 0.104 e. The lowest BCUT2D eigenvalue weighted by molar-refractivity contribution is 1.13. The summed E-state index contributed by atoms with van der Waals surface area (Å²) in [5.74, 6) is 0. The molecule has 0 aliphatic carbocycles. The second kappa shape index (κ2) is 4.04. The summed E-state index contributed by atoms with van der Waals surface area (Å²) in [7, 11) is 0. The van der Waals surface area contributed by atoms with Crippen LogP contribution in [0.25, 0.3) is 0 Å². The first-order valence-electron chi connectivity index (χ1n) is 5.11. The summed E-state index contributed by atoms with van der Waals surface area (Å²) in [6.45, 7) is 0. The lowest BCUT2D eigenvalue weighted by Crippen LogP contribution is -2.01. The molecule has 0 fully saturated rings. The Labute approximate surface area is 104 Å². The molecule has 1 atom stereocenters. The normalized spacial score (nSPS) is 17.9. The van der Waals surface area contributed by atoms with Gasteiger partial charge >= 0.3 is 0 Å². The van der Waals surface area contributed by atoms with Crippen LogP contribution in [0.15, 0.2) is 53.4 Å². The summed E-state index contributed by atoms with van der Waals surface area (Å²) in [6, 6.07) is 16.3. The van der Waals surface area contributed by atoms with Gasteiger partial charge < -0.3 is 5.32 Å². The van der Waals surface area contributed by atoms with Gasteiger partial charge in [0.05, 0.1) is 0 Å². The quantitative estimate of drug-likeness (QED) is 0.793. The van der Waals surface area contributed by atoms with Crippen LogP contribution in [0.5, 0.6) is 0 Å². The summed E-state index contributed by atoms with van der Waals surface area (Å²) in [4.78, 5) is 1.28. The topological polar surface area (TPSA) is 12.0 Å². The molecule has 0 radical (unpaired) electrons. The van der Waals surface area contributed by atoms with E-state index in [-0.39, 0.29) is 5.37 Å². The average Bonchev–Trinajstić information content (AvgIpc) is 2.73. The number of thioether (sulfide) groups is 1. The van der Waals surface area contributed by atoms with Crippen LogP contribution in [0, 0.1) is 0 Å². The van der Waals surface area contributed by atoms with Crippen molar-refractivity contribution in [1.29, 1.82) is 0 Å². The Kier molecular flexibility index (Phi) is 2.54. The zero-order valence-electron chi connectivity index (χ0n) is 8.48. The highest BCUT2D eigenvalue weighted by Gasteiger charge is 2.23. The predicted molar refractivity (Wildman–Crippen MR) is 70.1 cm³/mol. The molecule has 0 amide bonds. The summed E-state index contributed by atoms with van der Waals surface area (Å²) in [5.41, 5.74) is 2.34. The molecule has 0 spiro atoms. The van der Waals surface area contributed by atoms with E-state index < -0.39 is 0 Å². The van der Waals surface area contributed by atoms with E-state index in [2.05, 4.69) is 29.6 Å². The van der Waals surface area contributed by atoms with Crippen LogP contribution < -0.4 is 5.32 Å². The molecule has 1 aliphatic rings. The Bertz CT molecular complexity index is 502. The first-order valence-corrected chi connectivity index (χ1v) is 6.37. The molecule has 1 aliphatic heterocycles. The number of anilines is 1. The van der Waals surface area contributed by atoms with E-state index in [1.807, 2.05) is 36.0 Å². The molecule has 1 N–H and O–H groups in total. The van der Waals surface area contributed by atoms with Gasteiger partial charge in [0.2, 0.25) is 0 Å². The highest BCUT2D eigenvalue weighted by Crippen LogP contribution is 2.47. The molecule has 80 valence electrons. The van der Waals surface area contributed by atoms with Gasteiger partial charge in [0.1, 0.15) is 5.37 Å². The van der Waals surface area contributed by atoms with E-state index >= 15 is 0 Å². The molecule has 3 heteroatoms. The molecular weight excluding hydrogens is 238 g/mol. The maximum absolute atomic E-state index is 6.19. The van der Waals surface area contributed by atoms with Crippen molar-refractivity contribution in [1.82, 2.24) is 0 Å². The van der Waals surface area contributed by atoms with Crippen LogP contribution >= 0.6 is 23.4 Å². The van der Waals surface area contributed by atoms with Crippen molar-refractivity contribution < 1.29 is 0 Å². The summed E-state index contributed by atoms with van der Waals surface area (Å²) >= 11 is 8.00. The molecule has 2 aromatic carbocycles. The van der Waals surface area contributed by atoms with Crippen molar-refractivity contribution in [2.75, 3.05) is 5.32 Å². The van der Waals surface area contributed by atoms with Crippen LogP contribution in [0.4, 0.5) is 5.69 Å². The van der Waals surface area contributed by atoms with Gasteiger partial charge in [-0.05, 0) is 18.2 Å². The number of hydrogen-bond acceptors (Lipinski definition) is 2. The van der Waals surface area contributed by atoms with Crippen molar-refractivity contribution in [3.63, 3.8) is 0 Å². The minimum absolute atomic E-state index is 0.228. The third kappa shape index (κ3) is 1.68. The summed E-state index contributed by atoms with van der Waals surface area (Å²) in [5, 5.41) is 4.52. The molecule has 0 bridgehead atoms. The van der Waals surface area contributed by atoms with Crippen LogP contribution in [0.2, 0.25) is 5.02 Å². The fourth-order valence-corrected chi connectivity index (χ4v) is 3.31. The first kappa shape index (κ1) is 10.1. The largest absolute Gasteiger partial charge is 0.368 e. The third-order valence-corrected chi connectivity index (χ3v) is 4.17. The summed E-state index contributed by atoms with van der Waals surface area (Å²) < 4.78 is 0. The van der Waals surface area contributed by atoms with E-state index in [4.69, 9.17) is 11.6 Å². The van der Waals surface area contributed by atoms with Gasteiger partial charge in [-0.25, -0.2) is 0 Å². The maximum atomic E-state index is 6.19. The second-order valence-corrected chi connectivity index (χ2v) is 5.21. The van der Waals surface area contributed by atoms with Gasteiger partial charge in [-0.15, -0.1) is 0 Å². The maximum Gasteiger partial charge on any atom is 0.104 e. The minimum atomic E-state index is 0.228. The van der Waals surface area contributed by atoms with E-state index in [0.717, 1.165) is 10.6 Å². The standard InChI is InChI=1S/C13H10ClNS/c14-10-6-2-1-5-9(10)13-15-11-7-3-4-8-12(11)16-13/h1-8,13,15H. The lowest BCUT2D eigenvalue weighted by atomic mass is 10.2. The van der Waals surface area contributed by atoms with Gasteiger partial charge in [0, 0.05) is 21.2 Å². The van der Waals surface area contributed by atoms with E-state index in [1.54, 1.807) is 0 Å². The Morgan fingerprint density at radius 3 is 2.56 bits per heavy atom. The van der Waals surface area contributed by atoms with E-state index in [0.29, 0.717) is 0 Å². The van der Waals surface area contributed by atoms with Crippen molar-refractivity contribution in [2.24, 2.45) is 0 Å². The molecule has 0 aromatic heterocycles. The van der Waals surface area contributed by atoms with E-state index in [1.165, 1.54) is 10.6 Å². The Morgan fingerprint density at radius 2 is 1.75 bits per heavy atom. The fourth-order valence-electron chi connectivity index (χ4n) is 1.82. The number of fused-ring (bicyclic) bond motifs is 1. The number of benzene rings is 2. The van der Waals surface area contributed by atoms with Crippen LogP contribution in [0.1, 0.15) is 10.9 Å². The highest BCUT2D eigenvalue weighted by atomic mass is 35.5. The molecule has 0 saturated heterocycles. The Balaban J connectivity index is 1.95. The predicted octanol–water partition coefficient (Wildman–Crippen LogP) is 4.56. The van der Waals surface area contributed by atoms with Crippen LogP contribution in [-0.4, -0.2) is 0 Å². The van der Waals surface area contributed by atoms with Crippen molar-refractivity contribution in [2.45, 2.75) is 10.3 Å². The molecular formula is C13H10ClNS. The average molecular weight is 248 g/mol. The van der Waals surface area contributed by atoms with Gasteiger partial charge in [-0.2, -0.15) is 0 Å². The minimum Gasteiger partial charge on any atom is -0.368 e. The molecule has 0 saturated carbocycles. The van der Waals surface area contributed by atoms with Gasteiger partial charge in [-0.1, -0.05) is 53.7 Å². The van der Waals surface area contributed by atoms with Crippen LogP contribution in [0.3, 0.4) is 0 Å². The third-order valence-electron chi connectivity index (χ3n) is 2.61. The molecule has 1 unspecified atom stereocenters. The SMILES string of the molecule is Clc1ccccc1C1Nc2ccccc2S1. The zero-order valence-corrected chi connectivity index (χ0v) is 10.1. The molecule has 3 rings (SSSR count). The monoisotopic (exact) mass is 247 g/mol.